The Hall–Kier alpha value is -1.26. The molecule has 0 fully saturated rings. The molecule has 17 heavy (non-hydrogen) atoms. The summed E-state index contributed by atoms with van der Waals surface area (Å²) in [7, 11) is 0. The van der Waals surface area contributed by atoms with Crippen molar-refractivity contribution >= 4 is 11.6 Å². The molecule has 3 rings (SSSR count). The maximum absolute atomic E-state index is 9.34. The Morgan fingerprint density at radius 3 is 3.12 bits per heavy atom. The smallest absolute Gasteiger partial charge is 0.194 e. The molecule has 0 amide bonds. The number of rotatable bonds is 2. The first-order valence-corrected chi connectivity index (χ1v) is 6.09. The zero-order valence-electron chi connectivity index (χ0n) is 9.27. The van der Waals surface area contributed by atoms with Crippen molar-refractivity contribution in [2.24, 2.45) is 0 Å². The standard InChI is InChI=1S/C12H13ClN2O2/c13-11-4-3-10(17-11)12-14-6-9-8(7-16)2-1-5-15(9)12/h3-4,6,8,16H,1-2,5,7H2. The molecule has 1 unspecified atom stereocenters. The monoisotopic (exact) mass is 252 g/mol. The minimum atomic E-state index is 0.171. The molecule has 1 aliphatic heterocycles. The Kier molecular flexibility index (Phi) is 2.68. The lowest BCUT2D eigenvalue weighted by atomic mass is 9.97. The number of furan rings is 1. The lowest BCUT2D eigenvalue weighted by Crippen LogP contribution is -2.18. The Bertz CT molecular complexity index is 532. The van der Waals surface area contributed by atoms with E-state index in [1.54, 1.807) is 6.07 Å². The van der Waals surface area contributed by atoms with Gasteiger partial charge in [-0.1, -0.05) is 0 Å². The highest BCUT2D eigenvalue weighted by Crippen LogP contribution is 2.32. The number of aliphatic hydroxyl groups is 1. The van der Waals surface area contributed by atoms with Gasteiger partial charge >= 0.3 is 0 Å². The Labute approximate surface area is 104 Å². The van der Waals surface area contributed by atoms with E-state index in [2.05, 4.69) is 9.55 Å². The fraction of sp³-hybridized carbons (Fsp3) is 0.417. The molecule has 0 aromatic carbocycles. The molecule has 0 saturated heterocycles. The summed E-state index contributed by atoms with van der Waals surface area (Å²) in [6.07, 6.45) is 3.89. The second kappa shape index (κ2) is 4.20. The van der Waals surface area contributed by atoms with Crippen LogP contribution in [-0.2, 0) is 6.54 Å². The quantitative estimate of drug-likeness (QED) is 0.894. The molecule has 0 saturated carbocycles. The summed E-state index contributed by atoms with van der Waals surface area (Å²) in [6.45, 7) is 1.09. The Morgan fingerprint density at radius 1 is 1.53 bits per heavy atom. The first kappa shape index (κ1) is 10.9. The number of hydrogen-bond donors (Lipinski definition) is 1. The average molecular weight is 253 g/mol. The molecule has 90 valence electrons. The lowest BCUT2D eigenvalue weighted by Gasteiger charge is -2.23. The van der Waals surface area contributed by atoms with Crippen LogP contribution in [0.1, 0.15) is 24.5 Å². The first-order chi connectivity index (χ1) is 8.29. The van der Waals surface area contributed by atoms with Crippen molar-refractivity contribution in [1.29, 1.82) is 0 Å². The molecule has 5 heteroatoms. The molecule has 0 radical (unpaired) electrons. The van der Waals surface area contributed by atoms with Crippen LogP contribution in [0.4, 0.5) is 0 Å². The zero-order valence-corrected chi connectivity index (χ0v) is 10.0. The van der Waals surface area contributed by atoms with Gasteiger partial charge in [-0.05, 0) is 36.6 Å². The van der Waals surface area contributed by atoms with Crippen molar-refractivity contribution in [3.8, 4) is 11.6 Å². The predicted octanol–water partition coefficient (Wildman–Crippen LogP) is 2.67. The van der Waals surface area contributed by atoms with Gasteiger partial charge in [-0.2, -0.15) is 0 Å². The van der Waals surface area contributed by atoms with E-state index in [1.807, 2.05) is 12.3 Å². The van der Waals surface area contributed by atoms with Crippen LogP contribution in [0.25, 0.3) is 11.6 Å². The molecular weight excluding hydrogens is 240 g/mol. The van der Waals surface area contributed by atoms with Gasteiger partial charge in [0.2, 0.25) is 0 Å². The van der Waals surface area contributed by atoms with Crippen LogP contribution in [0.3, 0.4) is 0 Å². The minimum absolute atomic E-state index is 0.171. The molecule has 3 heterocycles. The molecule has 4 nitrogen and oxygen atoms in total. The SMILES string of the molecule is OCC1CCCn2c1cnc2-c1ccc(Cl)o1. The van der Waals surface area contributed by atoms with Gasteiger partial charge in [0, 0.05) is 24.4 Å². The van der Waals surface area contributed by atoms with Crippen molar-refractivity contribution in [2.75, 3.05) is 6.61 Å². The van der Waals surface area contributed by atoms with Crippen molar-refractivity contribution in [3.63, 3.8) is 0 Å². The molecule has 2 aromatic rings. The Balaban J connectivity index is 2.05. The Morgan fingerprint density at radius 2 is 2.41 bits per heavy atom. The van der Waals surface area contributed by atoms with Gasteiger partial charge in [-0.3, -0.25) is 0 Å². The van der Waals surface area contributed by atoms with Gasteiger partial charge in [0.25, 0.3) is 0 Å². The van der Waals surface area contributed by atoms with Gasteiger partial charge in [0.1, 0.15) is 0 Å². The average Bonchev–Trinajstić information content (AvgIpc) is 2.94. The predicted molar refractivity (Wildman–Crippen MR) is 64.0 cm³/mol. The first-order valence-electron chi connectivity index (χ1n) is 5.71. The topological polar surface area (TPSA) is 51.2 Å². The van der Waals surface area contributed by atoms with E-state index in [0.29, 0.717) is 11.0 Å². The maximum Gasteiger partial charge on any atom is 0.194 e. The van der Waals surface area contributed by atoms with Gasteiger partial charge in [0.05, 0.1) is 6.61 Å². The van der Waals surface area contributed by atoms with Crippen molar-refractivity contribution in [3.05, 3.63) is 29.2 Å². The van der Waals surface area contributed by atoms with Crippen LogP contribution in [0.15, 0.2) is 22.7 Å². The van der Waals surface area contributed by atoms with Crippen molar-refractivity contribution in [2.45, 2.75) is 25.3 Å². The van der Waals surface area contributed by atoms with E-state index < -0.39 is 0 Å². The summed E-state index contributed by atoms with van der Waals surface area (Å²) in [4.78, 5) is 4.38. The summed E-state index contributed by atoms with van der Waals surface area (Å²) >= 11 is 5.77. The fourth-order valence-electron chi connectivity index (χ4n) is 2.41. The van der Waals surface area contributed by atoms with E-state index >= 15 is 0 Å². The van der Waals surface area contributed by atoms with E-state index in [0.717, 1.165) is 30.9 Å². The second-order valence-electron chi connectivity index (χ2n) is 4.28. The lowest BCUT2D eigenvalue weighted by molar-refractivity contribution is 0.241. The van der Waals surface area contributed by atoms with E-state index in [4.69, 9.17) is 16.0 Å². The number of halogens is 1. The van der Waals surface area contributed by atoms with Gasteiger partial charge in [0.15, 0.2) is 16.8 Å². The van der Waals surface area contributed by atoms with E-state index in [1.165, 1.54) is 0 Å². The van der Waals surface area contributed by atoms with Crippen LogP contribution in [0.2, 0.25) is 5.22 Å². The summed E-state index contributed by atoms with van der Waals surface area (Å²) in [5.41, 5.74) is 1.08. The van der Waals surface area contributed by atoms with E-state index in [-0.39, 0.29) is 12.5 Å². The molecule has 0 bridgehead atoms. The summed E-state index contributed by atoms with van der Waals surface area (Å²) < 4.78 is 7.49. The largest absolute Gasteiger partial charge is 0.441 e. The summed E-state index contributed by atoms with van der Waals surface area (Å²) in [5, 5.41) is 9.70. The maximum atomic E-state index is 9.34. The molecule has 1 aliphatic rings. The van der Waals surface area contributed by atoms with Crippen LogP contribution in [0.5, 0.6) is 0 Å². The van der Waals surface area contributed by atoms with Crippen LogP contribution < -0.4 is 0 Å². The van der Waals surface area contributed by atoms with Crippen LogP contribution >= 0.6 is 11.6 Å². The highest BCUT2D eigenvalue weighted by molar-refractivity contribution is 6.28. The number of aromatic nitrogens is 2. The third-order valence-corrected chi connectivity index (χ3v) is 3.46. The van der Waals surface area contributed by atoms with Crippen molar-refractivity contribution in [1.82, 2.24) is 9.55 Å². The fourth-order valence-corrected chi connectivity index (χ4v) is 2.56. The number of aliphatic hydroxyl groups excluding tert-OH is 1. The molecule has 0 spiro atoms. The van der Waals surface area contributed by atoms with E-state index in [9.17, 15) is 5.11 Å². The molecule has 2 aromatic heterocycles. The van der Waals surface area contributed by atoms with Crippen molar-refractivity contribution < 1.29 is 9.52 Å². The molecule has 0 aliphatic carbocycles. The van der Waals surface area contributed by atoms with Crippen LogP contribution in [-0.4, -0.2) is 21.3 Å². The molecular formula is C12H13ClN2O2. The zero-order chi connectivity index (χ0) is 11.8. The van der Waals surface area contributed by atoms with Crippen LogP contribution in [0, 0.1) is 0 Å². The highest BCUT2D eigenvalue weighted by atomic mass is 35.5. The third kappa shape index (κ3) is 1.77. The summed E-state index contributed by atoms with van der Waals surface area (Å²) in [6, 6.07) is 3.53. The molecule has 1 N–H and O–H groups in total. The normalized spacial score (nSPS) is 19.3. The molecule has 1 atom stereocenters. The summed E-state index contributed by atoms with van der Waals surface area (Å²) in [5.74, 6) is 1.67. The minimum Gasteiger partial charge on any atom is -0.441 e. The number of hydrogen-bond acceptors (Lipinski definition) is 3. The number of nitrogens with zero attached hydrogens (tertiary/aromatic N) is 2. The van der Waals surface area contributed by atoms with Gasteiger partial charge in [-0.15, -0.1) is 0 Å². The number of imidazole rings is 1. The van der Waals surface area contributed by atoms with Gasteiger partial charge in [-0.25, -0.2) is 4.98 Å². The second-order valence-corrected chi connectivity index (χ2v) is 4.66. The highest BCUT2D eigenvalue weighted by Gasteiger charge is 2.24. The third-order valence-electron chi connectivity index (χ3n) is 3.25. The van der Waals surface area contributed by atoms with Gasteiger partial charge < -0.3 is 14.1 Å². The number of fused-ring (bicyclic) bond motifs is 1.